The Morgan fingerprint density at radius 2 is 1.96 bits per heavy atom. The number of benzene rings is 2. The van der Waals surface area contributed by atoms with E-state index in [9.17, 15) is 9.18 Å². The number of nitrogens with zero attached hydrogens (tertiary/aromatic N) is 1. The number of carbonyl (C=O) groups is 1. The van der Waals surface area contributed by atoms with Gasteiger partial charge in [-0.25, -0.2) is 4.39 Å². The molecule has 0 aliphatic heterocycles. The number of anilines is 1. The van der Waals surface area contributed by atoms with Crippen LogP contribution >= 0.6 is 23.2 Å². The highest BCUT2D eigenvalue weighted by atomic mass is 35.5. The van der Waals surface area contributed by atoms with Gasteiger partial charge in [0.2, 0.25) is 6.10 Å². The molecular formula is C16H13Cl2FN2O2. The van der Waals surface area contributed by atoms with Gasteiger partial charge in [0.05, 0.1) is 16.9 Å². The van der Waals surface area contributed by atoms with Gasteiger partial charge in [0.1, 0.15) is 5.82 Å². The Balaban J connectivity index is 1.90. The van der Waals surface area contributed by atoms with E-state index in [-0.39, 0.29) is 5.02 Å². The average Bonchev–Trinajstić information content (AvgIpc) is 2.51. The van der Waals surface area contributed by atoms with Crippen molar-refractivity contribution in [3.8, 4) is 0 Å². The fourth-order valence-corrected chi connectivity index (χ4v) is 1.94. The summed E-state index contributed by atoms with van der Waals surface area (Å²) in [6, 6.07) is 10.6. The van der Waals surface area contributed by atoms with Gasteiger partial charge in [-0.2, -0.15) is 0 Å². The molecule has 0 unspecified atom stereocenters. The van der Waals surface area contributed by atoms with E-state index in [1.165, 1.54) is 25.3 Å². The molecule has 0 saturated carbocycles. The van der Waals surface area contributed by atoms with Gasteiger partial charge in [0.15, 0.2) is 0 Å². The van der Waals surface area contributed by atoms with Crippen LogP contribution in [0.1, 0.15) is 12.5 Å². The zero-order valence-corrected chi connectivity index (χ0v) is 13.6. The quantitative estimate of drug-likeness (QED) is 0.634. The maximum Gasteiger partial charge on any atom is 0.268 e. The highest BCUT2D eigenvalue weighted by Gasteiger charge is 2.15. The molecular weight excluding hydrogens is 342 g/mol. The van der Waals surface area contributed by atoms with Gasteiger partial charge in [0, 0.05) is 5.02 Å². The van der Waals surface area contributed by atoms with Gasteiger partial charge in [-0.05, 0) is 42.8 Å². The Morgan fingerprint density at radius 1 is 1.26 bits per heavy atom. The van der Waals surface area contributed by atoms with Crippen molar-refractivity contribution in [3.63, 3.8) is 0 Å². The van der Waals surface area contributed by atoms with Gasteiger partial charge in [-0.15, -0.1) is 0 Å². The number of hydrogen-bond donors (Lipinski definition) is 1. The van der Waals surface area contributed by atoms with Crippen LogP contribution in [0.25, 0.3) is 0 Å². The Labute approximate surface area is 142 Å². The van der Waals surface area contributed by atoms with Crippen LogP contribution < -0.4 is 5.32 Å². The zero-order valence-electron chi connectivity index (χ0n) is 12.1. The summed E-state index contributed by atoms with van der Waals surface area (Å²) < 4.78 is 12.9. The summed E-state index contributed by atoms with van der Waals surface area (Å²) in [5.41, 5.74) is 1.08. The normalized spacial score (nSPS) is 12.2. The van der Waals surface area contributed by atoms with E-state index in [2.05, 4.69) is 10.5 Å². The summed E-state index contributed by atoms with van der Waals surface area (Å²) in [7, 11) is 0. The van der Waals surface area contributed by atoms with E-state index in [1.54, 1.807) is 24.3 Å². The molecule has 4 nitrogen and oxygen atoms in total. The Hall–Kier alpha value is -2.11. The lowest BCUT2D eigenvalue weighted by atomic mass is 10.2. The van der Waals surface area contributed by atoms with Crippen molar-refractivity contribution < 1.29 is 14.0 Å². The van der Waals surface area contributed by atoms with Gasteiger partial charge in [-0.1, -0.05) is 40.5 Å². The molecule has 1 atom stereocenters. The highest BCUT2D eigenvalue weighted by Crippen LogP contribution is 2.22. The van der Waals surface area contributed by atoms with Crippen molar-refractivity contribution in [2.24, 2.45) is 5.16 Å². The molecule has 0 fully saturated rings. The largest absolute Gasteiger partial charge is 0.383 e. The van der Waals surface area contributed by atoms with Gasteiger partial charge < -0.3 is 10.2 Å². The van der Waals surface area contributed by atoms with E-state index < -0.39 is 17.8 Å². The van der Waals surface area contributed by atoms with Crippen molar-refractivity contribution in [2.45, 2.75) is 13.0 Å². The number of nitrogens with one attached hydrogen (secondary N) is 1. The molecule has 1 N–H and O–H groups in total. The van der Waals surface area contributed by atoms with Gasteiger partial charge >= 0.3 is 0 Å². The second kappa shape index (κ2) is 7.94. The van der Waals surface area contributed by atoms with Crippen LogP contribution in [0.4, 0.5) is 10.1 Å². The molecule has 0 aliphatic rings. The molecule has 0 aromatic heterocycles. The first-order valence-corrected chi connectivity index (χ1v) is 7.42. The number of halogens is 3. The summed E-state index contributed by atoms with van der Waals surface area (Å²) in [4.78, 5) is 17.0. The molecule has 0 saturated heterocycles. The maximum atomic E-state index is 12.9. The Kier molecular flexibility index (Phi) is 5.96. The smallest absolute Gasteiger partial charge is 0.268 e. The number of rotatable bonds is 5. The molecule has 120 valence electrons. The summed E-state index contributed by atoms with van der Waals surface area (Å²) in [5.74, 6) is -0.934. The lowest BCUT2D eigenvalue weighted by molar-refractivity contribution is -0.126. The van der Waals surface area contributed by atoms with Crippen molar-refractivity contribution >= 4 is 41.0 Å². The molecule has 0 heterocycles. The van der Waals surface area contributed by atoms with Crippen molar-refractivity contribution in [1.29, 1.82) is 0 Å². The molecule has 2 aromatic rings. The third-order valence-electron chi connectivity index (χ3n) is 2.85. The summed E-state index contributed by atoms with van der Waals surface area (Å²) in [6.07, 6.45) is 0.616. The highest BCUT2D eigenvalue weighted by molar-refractivity contribution is 6.33. The first kappa shape index (κ1) is 17.2. The van der Waals surface area contributed by atoms with Gasteiger partial charge in [0.25, 0.3) is 5.91 Å². The minimum absolute atomic E-state index is 0.107. The SMILES string of the molecule is C[C@H](O/N=C\c1ccc(Cl)cc1)C(=O)Nc1ccc(F)cc1Cl. The molecule has 0 aliphatic carbocycles. The van der Waals surface area contributed by atoms with Crippen LogP contribution in [0.15, 0.2) is 47.6 Å². The summed E-state index contributed by atoms with van der Waals surface area (Å²) in [6.45, 7) is 1.53. The van der Waals surface area contributed by atoms with E-state index in [1.807, 2.05) is 0 Å². The second-order valence-electron chi connectivity index (χ2n) is 4.65. The number of hydrogen-bond acceptors (Lipinski definition) is 3. The second-order valence-corrected chi connectivity index (χ2v) is 5.49. The fourth-order valence-electron chi connectivity index (χ4n) is 1.60. The predicted octanol–water partition coefficient (Wildman–Crippen LogP) is 4.51. The first-order valence-electron chi connectivity index (χ1n) is 6.66. The monoisotopic (exact) mass is 354 g/mol. The number of amides is 1. The van der Waals surface area contributed by atoms with E-state index in [0.29, 0.717) is 10.7 Å². The standard InChI is InChI=1S/C16H13Cl2FN2O2/c1-10(23-20-9-11-2-4-12(17)5-3-11)16(22)21-15-7-6-13(19)8-14(15)18/h2-10H,1H3,(H,21,22)/b20-9-/t10-/m0/s1. The Morgan fingerprint density at radius 3 is 2.61 bits per heavy atom. The lowest BCUT2D eigenvalue weighted by Gasteiger charge is -2.11. The first-order chi connectivity index (χ1) is 11.0. The summed E-state index contributed by atoms with van der Waals surface area (Å²) >= 11 is 11.6. The molecule has 23 heavy (non-hydrogen) atoms. The van der Waals surface area contributed by atoms with Crippen molar-refractivity contribution in [1.82, 2.24) is 0 Å². The van der Waals surface area contributed by atoms with Crippen LogP contribution in [0.3, 0.4) is 0 Å². The molecule has 2 aromatic carbocycles. The third-order valence-corrected chi connectivity index (χ3v) is 3.41. The molecule has 0 spiro atoms. The minimum Gasteiger partial charge on any atom is -0.383 e. The Bertz CT molecular complexity index is 721. The predicted molar refractivity (Wildman–Crippen MR) is 89.6 cm³/mol. The molecule has 0 bridgehead atoms. The van der Waals surface area contributed by atoms with E-state index >= 15 is 0 Å². The molecule has 2 rings (SSSR count). The van der Waals surface area contributed by atoms with Crippen LogP contribution in [-0.2, 0) is 9.63 Å². The van der Waals surface area contributed by atoms with Crippen LogP contribution in [0.2, 0.25) is 10.0 Å². The fraction of sp³-hybridized carbons (Fsp3) is 0.125. The zero-order chi connectivity index (χ0) is 16.8. The lowest BCUT2D eigenvalue weighted by Crippen LogP contribution is -2.26. The summed E-state index contributed by atoms with van der Waals surface area (Å²) in [5, 5.41) is 7.01. The maximum absolute atomic E-state index is 12.9. The minimum atomic E-state index is -0.848. The molecule has 0 radical (unpaired) electrons. The van der Waals surface area contributed by atoms with Crippen molar-refractivity contribution in [2.75, 3.05) is 5.32 Å². The van der Waals surface area contributed by atoms with E-state index in [4.69, 9.17) is 28.0 Å². The van der Waals surface area contributed by atoms with E-state index in [0.717, 1.165) is 11.6 Å². The van der Waals surface area contributed by atoms with Crippen molar-refractivity contribution in [3.05, 3.63) is 63.9 Å². The average molecular weight is 355 g/mol. The van der Waals surface area contributed by atoms with Gasteiger partial charge in [-0.3, -0.25) is 4.79 Å². The third kappa shape index (κ3) is 5.23. The molecule has 1 amide bonds. The number of carbonyl (C=O) groups excluding carboxylic acids is 1. The van der Waals surface area contributed by atoms with Crippen LogP contribution in [0.5, 0.6) is 0 Å². The molecule has 7 heteroatoms. The van der Waals surface area contributed by atoms with Crippen LogP contribution in [0, 0.1) is 5.82 Å². The number of oxime groups is 1. The topological polar surface area (TPSA) is 50.7 Å². The van der Waals surface area contributed by atoms with Crippen LogP contribution in [-0.4, -0.2) is 18.2 Å².